The smallest absolute Gasteiger partial charge is 0.324 e. The molecule has 0 saturated carbocycles. The molecule has 0 saturated heterocycles. The van der Waals surface area contributed by atoms with Crippen LogP contribution >= 0.6 is 0 Å². The van der Waals surface area contributed by atoms with Crippen LogP contribution in [-0.4, -0.2) is 35.5 Å². The molecule has 156 valence electrons. The molecule has 2 N–H and O–H groups in total. The lowest BCUT2D eigenvalue weighted by Gasteiger charge is -2.24. The fraction of sp³-hybridized carbons (Fsp3) is 0.130. The number of carbonyl (C=O) groups excluding carboxylic acids is 2. The molecule has 0 spiro atoms. The van der Waals surface area contributed by atoms with Gasteiger partial charge in [-0.2, -0.15) is 4.98 Å². The maximum absolute atomic E-state index is 13.1. The van der Waals surface area contributed by atoms with Crippen molar-refractivity contribution in [2.75, 3.05) is 34.0 Å². The van der Waals surface area contributed by atoms with Crippen LogP contribution < -0.4 is 20.4 Å². The van der Waals surface area contributed by atoms with Gasteiger partial charge in [0, 0.05) is 42.4 Å². The summed E-state index contributed by atoms with van der Waals surface area (Å²) in [5.74, 6) is 0.636. The predicted molar refractivity (Wildman–Crippen MR) is 122 cm³/mol. The van der Waals surface area contributed by atoms with Crippen molar-refractivity contribution in [3.05, 3.63) is 79.0 Å². The van der Waals surface area contributed by atoms with E-state index in [0.29, 0.717) is 36.1 Å². The number of fused-ring (bicyclic) bond motifs is 1. The van der Waals surface area contributed by atoms with Gasteiger partial charge in [0.1, 0.15) is 5.82 Å². The first-order valence-corrected chi connectivity index (χ1v) is 9.82. The van der Waals surface area contributed by atoms with Gasteiger partial charge in [-0.1, -0.05) is 30.8 Å². The van der Waals surface area contributed by atoms with Gasteiger partial charge in [0.15, 0.2) is 0 Å². The molecule has 2 heterocycles. The molecule has 3 amide bonds. The first-order chi connectivity index (χ1) is 15.0. The number of hydrogen-bond donors (Lipinski definition) is 2. The van der Waals surface area contributed by atoms with E-state index in [0.717, 1.165) is 11.3 Å². The van der Waals surface area contributed by atoms with E-state index in [-0.39, 0.29) is 11.9 Å². The van der Waals surface area contributed by atoms with Crippen molar-refractivity contribution in [1.82, 2.24) is 9.97 Å². The summed E-state index contributed by atoms with van der Waals surface area (Å²) < 4.78 is 0. The van der Waals surface area contributed by atoms with E-state index in [1.165, 1.54) is 6.08 Å². The van der Waals surface area contributed by atoms with E-state index in [9.17, 15) is 9.59 Å². The summed E-state index contributed by atoms with van der Waals surface area (Å²) in [6.07, 6.45) is 3.59. The molecule has 1 aromatic heterocycles. The Morgan fingerprint density at radius 1 is 1.13 bits per heavy atom. The number of para-hydroxylation sites is 1. The molecule has 8 nitrogen and oxygen atoms in total. The van der Waals surface area contributed by atoms with Crippen molar-refractivity contribution in [2.45, 2.75) is 6.42 Å². The Hall–Kier alpha value is -4.20. The van der Waals surface area contributed by atoms with Gasteiger partial charge < -0.3 is 10.6 Å². The van der Waals surface area contributed by atoms with Gasteiger partial charge in [-0.15, -0.1) is 0 Å². The molecular weight excluding hydrogens is 392 g/mol. The van der Waals surface area contributed by atoms with E-state index in [2.05, 4.69) is 27.2 Å². The fourth-order valence-corrected chi connectivity index (χ4v) is 3.37. The maximum Gasteiger partial charge on any atom is 0.329 e. The second-order valence-electron chi connectivity index (χ2n) is 7.02. The number of urea groups is 1. The summed E-state index contributed by atoms with van der Waals surface area (Å²) in [5.41, 5.74) is 3.06. The Kier molecular flexibility index (Phi) is 5.61. The lowest BCUT2D eigenvalue weighted by atomic mass is 10.2. The van der Waals surface area contributed by atoms with Crippen molar-refractivity contribution in [1.29, 1.82) is 0 Å². The Balaban J connectivity index is 1.57. The summed E-state index contributed by atoms with van der Waals surface area (Å²) in [6, 6.07) is 16.6. The molecule has 0 unspecified atom stereocenters. The van der Waals surface area contributed by atoms with E-state index in [4.69, 9.17) is 0 Å². The molecule has 1 aliphatic rings. The molecule has 4 rings (SSSR count). The minimum Gasteiger partial charge on any atom is -0.324 e. The van der Waals surface area contributed by atoms with Crippen molar-refractivity contribution >= 4 is 40.8 Å². The van der Waals surface area contributed by atoms with Gasteiger partial charge in [0.05, 0.1) is 0 Å². The van der Waals surface area contributed by atoms with E-state index < -0.39 is 0 Å². The Morgan fingerprint density at radius 3 is 2.68 bits per heavy atom. The summed E-state index contributed by atoms with van der Waals surface area (Å²) in [7, 11) is 1.71. The second kappa shape index (κ2) is 8.66. The Morgan fingerprint density at radius 2 is 1.90 bits per heavy atom. The number of rotatable bonds is 5. The molecule has 0 atom stereocenters. The standard InChI is InChI=1S/C23H22N6O2/c1-3-20(30)25-17-8-7-9-18(14-17)26-22-24-15-16-12-13-29(19-10-5-4-6-11-19)23(31)28(2)21(16)27-22/h3-11,14-15H,1,12-13H2,2H3,(H,25,30)(H,24,26,27). The average molecular weight is 414 g/mol. The molecule has 1 aliphatic heterocycles. The highest BCUT2D eigenvalue weighted by molar-refractivity contribution is 6.04. The third-order valence-corrected chi connectivity index (χ3v) is 4.92. The van der Waals surface area contributed by atoms with Crippen molar-refractivity contribution in [2.24, 2.45) is 0 Å². The predicted octanol–water partition coefficient (Wildman–Crippen LogP) is 3.96. The van der Waals surface area contributed by atoms with Gasteiger partial charge in [-0.3, -0.25) is 14.6 Å². The molecular formula is C23H22N6O2. The highest BCUT2D eigenvalue weighted by atomic mass is 16.2. The number of amides is 3. The third-order valence-electron chi connectivity index (χ3n) is 4.92. The van der Waals surface area contributed by atoms with Crippen LogP contribution in [0.4, 0.5) is 33.6 Å². The van der Waals surface area contributed by atoms with Crippen molar-refractivity contribution < 1.29 is 9.59 Å². The second-order valence-corrected chi connectivity index (χ2v) is 7.02. The zero-order valence-electron chi connectivity index (χ0n) is 17.1. The summed E-state index contributed by atoms with van der Waals surface area (Å²) in [5, 5.41) is 5.85. The summed E-state index contributed by atoms with van der Waals surface area (Å²) >= 11 is 0. The zero-order valence-corrected chi connectivity index (χ0v) is 17.1. The fourth-order valence-electron chi connectivity index (χ4n) is 3.37. The van der Waals surface area contributed by atoms with Crippen LogP contribution in [0.25, 0.3) is 0 Å². The minimum atomic E-state index is -0.290. The van der Waals surface area contributed by atoms with Gasteiger partial charge in [-0.05, 0) is 42.8 Å². The molecule has 31 heavy (non-hydrogen) atoms. The van der Waals surface area contributed by atoms with E-state index in [1.807, 2.05) is 36.4 Å². The van der Waals surface area contributed by atoms with Crippen LogP contribution in [0.15, 0.2) is 73.4 Å². The third kappa shape index (κ3) is 4.37. The van der Waals surface area contributed by atoms with Gasteiger partial charge in [0.2, 0.25) is 11.9 Å². The molecule has 0 aliphatic carbocycles. The lowest BCUT2D eigenvalue weighted by molar-refractivity contribution is -0.111. The number of aromatic nitrogens is 2. The minimum absolute atomic E-state index is 0.149. The first kappa shape index (κ1) is 20.1. The van der Waals surface area contributed by atoms with Crippen LogP contribution in [0, 0.1) is 0 Å². The van der Waals surface area contributed by atoms with Gasteiger partial charge in [-0.25, -0.2) is 9.78 Å². The number of nitrogens with one attached hydrogen (secondary N) is 2. The monoisotopic (exact) mass is 414 g/mol. The van der Waals surface area contributed by atoms with E-state index in [1.54, 1.807) is 41.2 Å². The van der Waals surface area contributed by atoms with Crippen LogP contribution in [0.5, 0.6) is 0 Å². The van der Waals surface area contributed by atoms with Crippen LogP contribution in [0.1, 0.15) is 5.56 Å². The van der Waals surface area contributed by atoms with Crippen molar-refractivity contribution in [3.8, 4) is 0 Å². The maximum atomic E-state index is 13.1. The number of nitrogens with zero attached hydrogens (tertiary/aromatic N) is 4. The van der Waals surface area contributed by atoms with Crippen molar-refractivity contribution in [3.63, 3.8) is 0 Å². The Bertz CT molecular complexity index is 1130. The molecule has 2 aromatic carbocycles. The first-order valence-electron chi connectivity index (χ1n) is 9.82. The topological polar surface area (TPSA) is 90.5 Å². The summed E-state index contributed by atoms with van der Waals surface area (Å²) in [4.78, 5) is 36.9. The van der Waals surface area contributed by atoms with Crippen LogP contribution in [0.3, 0.4) is 0 Å². The molecule has 0 fully saturated rings. The summed E-state index contributed by atoms with van der Waals surface area (Å²) in [6.45, 7) is 3.99. The lowest BCUT2D eigenvalue weighted by Crippen LogP contribution is -2.40. The normalized spacial score (nSPS) is 13.3. The van der Waals surface area contributed by atoms with Gasteiger partial charge in [0.25, 0.3) is 0 Å². The molecule has 8 heteroatoms. The van der Waals surface area contributed by atoms with Crippen LogP contribution in [0.2, 0.25) is 0 Å². The highest BCUT2D eigenvalue weighted by Crippen LogP contribution is 2.27. The molecule has 0 radical (unpaired) electrons. The quantitative estimate of drug-likeness (QED) is 0.617. The number of hydrogen-bond acceptors (Lipinski definition) is 5. The highest BCUT2D eigenvalue weighted by Gasteiger charge is 2.27. The largest absolute Gasteiger partial charge is 0.329 e. The molecule has 3 aromatic rings. The average Bonchev–Trinajstić information content (AvgIpc) is 2.91. The zero-order chi connectivity index (χ0) is 21.8. The SMILES string of the molecule is C=CC(=O)Nc1cccc(Nc2ncc3c(n2)N(C)C(=O)N(c2ccccc2)CC3)c1. The Labute approximate surface area is 180 Å². The number of benzene rings is 2. The van der Waals surface area contributed by atoms with E-state index >= 15 is 0 Å². The number of carbonyl (C=O) groups is 2. The van der Waals surface area contributed by atoms with Crippen LogP contribution in [-0.2, 0) is 11.2 Å². The number of anilines is 5. The molecule has 0 bridgehead atoms. The van der Waals surface area contributed by atoms with Gasteiger partial charge >= 0.3 is 6.03 Å².